The lowest BCUT2D eigenvalue weighted by Gasteiger charge is -2.36. The topological polar surface area (TPSA) is 109 Å². The van der Waals surface area contributed by atoms with E-state index in [9.17, 15) is 18.0 Å². The number of hydrogen-bond donors (Lipinski definition) is 2. The summed E-state index contributed by atoms with van der Waals surface area (Å²) in [6.07, 6.45) is 4.66. The highest BCUT2D eigenvalue weighted by molar-refractivity contribution is 7.89. The van der Waals surface area contributed by atoms with E-state index < -0.39 is 27.4 Å². The van der Waals surface area contributed by atoms with Gasteiger partial charge in [0.2, 0.25) is 15.9 Å². The highest BCUT2D eigenvalue weighted by Gasteiger charge is 2.41. The maximum absolute atomic E-state index is 13.5. The molecule has 8 nitrogen and oxygen atoms in total. The van der Waals surface area contributed by atoms with Gasteiger partial charge in [0.15, 0.2) is 0 Å². The zero-order valence-corrected chi connectivity index (χ0v) is 24.5. The van der Waals surface area contributed by atoms with Crippen molar-refractivity contribution in [3.8, 4) is 0 Å². The minimum absolute atomic E-state index is 0.126. The fourth-order valence-electron chi connectivity index (χ4n) is 5.93. The summed E-state index contributed by atoms with van der Waals surface area (Å²) in [7, 11) is -0.702. The summed E-state index contributed by atoms with van der Waals surface area (Å²) >= 11 is 0. The summed E-state index contributed by atoms with van der Waals surface area (Å²) in [6.45, 7) is 3.54. The van der Waals surface area contributed by atoms with E-state index in [1.165, 1.54) is 30.0 Å². The van der Waals surface area contributed by atoms with E-state index in [1.807, 2.05) is 36.4 Å². The van der Waals surface area contributed by atoms with Crippen LogP contribution in [0.5, 0.6) is 0 Å². The normalized spacial score (nSPS) is 20.8. The van der Waals surface area contributed by atoms with Gasteiger partial charge < -0.3 is 15.0 Å². The number of ether oxygens (including phenoxy) is 1. The number of rotatable bonds is 9. The summed E-state index contributed by atoms with van der Waals surface area (Å²) in [4.78, 5) is 29.7. The molecule has 1 aromatic heterocycles. The number of sulfonamides is 1. The molecular weight excluding hydrogens is 526 g/mol. The molecule has 214 valence electrons. The van der Waals surface area contributed by atoms with Crippen LogP contribution in [0.15, 0.2) is 59.5 Å². The lowest BCUT2D eigenvalue weighted by atomic mass is 9.79. The maximum atomic E-state index is 13.5. The summed E-state index contributed by atoms with van der Waals surface area (Å²) in [5, 5.41) is 4.14. The minimum Gasteiger partial charge on any atom is -0.469 e. The highest BCUT2D eigenvalue weighted by atomic mass is 32.2. The summed E-state index contributed by atoms with van der Waals surface area (Å²) in [6, 6.07) is 16.1. The number of carbonyl (C=O) groups excluding carboxylic acids is 2. The molecule has 40 heavy (non-hydrogen) atoms. The van der Waals surface area contributed by atoms with Gasteiger partial charge in [-0.15, -0.1) is 0 Å². The van der Waals surface area contributed by atoms with E-state index in [0.29, 0.717) is 31.6 Å². The van der Waals surface area contributed by atoms with Crippen LogP contribution in [0.2, 0.25) is 0 Å². The molecule has 2 aromatic carbocycles. The second kappa shape index (κ2) is 11.0. The molecule has 1 heterocycles. The monoisotopic (exact) mass is 565 g/mol. The Morgan fingerprint density at radius 1 is 1.00 bits per heavy atom. The molecule has 0 unspecified atom stereocenters. The molecule has 2 saturated carbocycles. The fraction of sp³-hybridized carbons (Fsp3) is 0.484. The number of aromatic amines is 1. The van der Waals surface area contributed by atoms with Crippen molar-refractivity contribution in [2.24, 2.45) is 11.3 Å². The van der Waals surface area contributed by atoms with Crippen LogP contribution in [0, 0.1) is 11.3 Å². The summed E-state index contributed by atoms with van der Waals surface area (Å²) in [5.41, 5.74) is 1.88. The van der Waals surface area contributed by atoms with Crippen LogP contribution >= 0.6 is 0 Å². The predicted octanol–water partition coefficient (Wildman–Crippen LogP) is 5.28. The number of H-pyrrole nitrogens is 1. The number of benzene rings is 2. The van der Waals surface area contributed by atoms with Crippen LogP contribution < -0.4 is 5.32 Å². The first-order valence-electron chi connectivity index (χ1n) is 14.1. The Kier molecular flexibility index (Phi) is 7.81. The Balaban J connectivity index is 1.25. The standard InChI is InChI=1S/C31H39N3O5S/c1-31(2,30(36)39-4)28(21-8-6-5-7-9-21)33-29(35)22-12-15-24(16-13-22)34(3)40(37,38)25-17-14-23-18-26(20-10-11-20)32-27(23)19-25/h5-9,14,17-20,22,24,28,32H,10-13,15-16H2,1-4H3,(H,33,35)/t22-,24-,28-/m0/s1. The van der Waals surface area contributed by atoms with Gasteiger partial charge in [-0.05, 0) is 87.4 Å². The van der Waals surface area contributed by atoms with Crippen molar-refractivity contribution in [1.82, 2.24) is 14.6 Å². The first kappa shape index (κ1) is 28.4. The third kappa shape index (κ3) is 5.54. The van der Waals surface area contributed by atoms with Crippen molar-refractivity contribution < 1.29 is 22.7 Å². The van der Waals surface area contributed by atoms with Crippen LogP contribution in [-0.4, -0.2) is 49.8 Å². The van der Waals surface area contributed by atoms with Gasteiger partial charge in [-0.25, -0.2) is 8.42 Å². The van der Waals surface area contributed by atoms with E-state index in [0.717, 1.165) is 16.5 Å². The van der Waals surface area contributed by atoms with Gasteiger partial charge in [0.1, 0.15) is 0 Å². The number of amides is 1. The van der Waals surface area contributed by atoms with E-state index in [1.54, 1.807) is 33.0 Å². The minimum atomic E-state index is -3.69. The smallest absolute Gasteiger partial charge is 0.313 e. The molecule has 2 N–H and O–H groups in total. The molecule has 2 fully saturated rings. The zero-order valence-electron chi connectivity index (χ0n) is 23.6. The van der Waals surface area contributed by atoms with Crippen molar-refractivity contribution in [3.63, 3.8) is 0 Å². The molecule has 2 aliphatic rings. The van der Waals surface area contributed by atoms with E-state index in [-0.39, 0.29) is 22.8 Å². The number of fused-ring (bicyclic) bond motifs is 1. The SMILES string of the molecule is COC(=O)C(C)(C)[C@@H](NC(=O)[C@H]1CC[C@H](N(C)S(=O)(=O)c2ccc3cc(C4CC4)[nH]c3c2)CC1)c1ccccc1. The van der Waals surface area contributed by atoms with Crippen molar-refractivity contribution in [2.75, 3.05) is 14.2 Å². The molecule has 0 spiro atoms. The number of nitrogens with one attached hydrogen (secondary N) is 2. The lowest BCUT2D eigenvalue weighted by Crippen LogP contribution is -2.46. The zero-order chi connectivity index (χ0) is 28.7. The number of methoxy groups -OCH3 is 1. The summed E-state index contributed by atoms with van der Waals surface area (Å²) in [5.74, 6) is -0.225. The van der Waals surface area contributed by atoms with Crippen LogP contribution in [-0.2, 0) is 24.3 Å². The van der Waals surface area contributed by atoms with Crippen LogP contribution in [0.3, 0.4) is 0 Å². The Morgan fingerprint density at radius 3 is 2.30 bits per heavy atom. The maximum Gasteiger partial charge on any atom is 0.313 e. The van der Waals surface area contributed by atoms with Crippen molar-refractivity contribution in [2.45, 2.75) is 75.3 Å². The van der Waals surface area contributed by atoms with E-state index in [4.69, 9.17) is 4.74 Å². The summed E-state index contributed by atoms with van der Waals surface area (Å²) < 4.78 is 33.6. The van der Waals surface area contributed by atoms with Crippen molar-refractivity contribution in [1.29, 1.82) is 0 Å². The Labute approximate surface area is 236 Å². The predicted molar refractivity (Wildman–Crippen MR) is 154 cm³/mol. The average molecular weight is 566 g/mol. The lowest BCUT2D eigenvalue weighted by molar-refractivity contribution is -0.153. The Hall–Kier alpha value is -3.17. The number of hydrogen-bond acceptors (Lipinski definition) is 5. The van der Waals surface area contributed by atoms with E-state index >= 15 is 0 Å². The molecule has 0 bridgehead atoms. The fourth-order valence-corrected chi connectivity index (χ4v) is 7.38. The van der Waals surface area contributed by atoms with Gasteiger partial charge >= 0.3 is 5.97 Å². The largest absolute Gasteiger partial charge is 0.469 e. The number of esters is 1. The van der Waals surface area contributed by atoms with Gasteiger partial charge in [0, 0.05) is 30.2 Å². The molecule has 0 radical (unpaired) electrons. The van der Waals surface area contributed by atoms with Gasteiger partial charge in [-0.3, -0.25) is 9.59 Å². The average Bonchev–Trinajstić information content (AvgIpc) is 3.73. The molecular formula is C31H39N3O5S. The molecule has 2 aliphatic carbocycles. The number of nitrogens with zero attached hydrogens (tertiary/aromatic N) is 1. The van der Waals surface area contributed by atoms with Gasteiger partial charge in [-0.2, -0.15) is 4.31 Å². The third-order valence-corrected chi connectivity index (χ3v) is 10.6. The third-order valence-electron chi connectivity index (χ3n) is 8.74. The van der Waals surface area contributed by atoms with Gasteiger partial charge in [0.05, 0.1) is 23.5 Å². The number of aromatic nitrogens is 1. The van der Waals surface area contributed by atoms with Gasteiger partial charge in [0.25, 0.3) is 0 Å². The molecule has 1 amide bonds. The van der Waals surface area contributed by atoms with Gasteiger partial charge in [-0.1, -0.05) is 36.4 Å². The first-order chi connectivity index (χ1) is 19.0. The second-order valence-corrected chi connectivity index (χ2v) is 13.8. The van der Waals surface area contributed by atoms with E-state index in [2.05, 4.69) is 16.4 Å². The molecule has 1 atom stereocenters. The van der Waals surface area contributed by atoms with Crippen LogP contribution in [0.25, 0.3) is 10.9 Å². The Bertz CT molecular complexity index is 1490. The molecule has 0 aliphatic heterocycles. The quantitative estimate of drug-likeness (QED) is 0.343. The van der Waals surface area contributed by atoms with Crippen molar-refractivity contribution >= 4 is 32.8 Å². The first-order valence-corrected chi connectivity index (χ1v) is 15.5. The second-order valence-electron chi connectivity index (χ2n) is 11.8. The van der Waals surface area contributed by atoms with Crippen LogP contribution in [0.1, 0.15) is 75.6 Å². The highest BCUT2D eigenvalue weighted by Crippen LogP contribution is 2.41. The Morgan fingerprint density at radius 2 is 1.68 bits per heavy atom. The number of carbonyl (C=O) groups is 2. The molecule has 0 saturated heterocycles. The molecule has 9 heteroatoms. The molecule has 5 rings (SSSR count). The molecule has 3 aromatic rings. The van der Waals surface area contributed by atoms with Crippen LogP contribution in [0.4, 0.5) is 0 Å². The van der Waals surface area contributed by atoms with Crippen molar-refractivity contribution in [3.05, 3.63) is 65.9 Å².